The molecule has 0 radical (unpaired) electrons. The first-order valence-electron chi connectivity index (χ1n) is 10.3. The number of fused-ring (bicyclic) bond motifs is 4. The summed E-state index contributed by atoms with van der Waals surface area (Å²) in [5.74, 6) is -5.49. The first-order valence-corrected chi connectivity index (χ1v) is 10.3. The largest absolute Gasteiger partial charge is 0.503 e. The van der Waals surface area contributed by atoms with E-state index in [0.717, 1.165) is 6.42 Å². The Morgan fingerprint density at radius 2 is 1.81 bits per heavy atom. The van der Waals surface area contributed by atoms with E-state index < -0.39 is 58.1 Å². The van der Waals surface area contributed by atoms with E-state index in [-0.39, 0.29) is 23.7 Å². The van der Waals surface area contributed by atoms with Crippen molar-refractivity contribution in [3.8, 4) is 5.75 Å². The van der Waals surface area contributed by atoms with E-state index in [4.69, 9.17) is 0 Å². The van der Waals surface area contributed by atoms with Gasteiger partial charge >= 0.3 is 0 Å². The van der Waals surface area contributed by atoms with Crippen LogP contribution in [0.2, 0.25) is 0 Å². The van der Waals surface area contributed by atoms with Crippen molar-refractivity contribution in [2.45, 2.75) is 45.3 Å². The van der Waals surface area contributed by atoms with Crippen molar-refractivity contribution in [1.82, 2.24) is 14.8 Å². The highest BCUT2D eigenvalue weighted by Crippen LogP contribution is 2.36. The number of carbonyl (C=O) groups excluding carboxylic acids is 2. The van der Waals surface area contributed by atoms with E-state index in [1.807, 2.05) is 13.8 Å². The molecule has 1 fully saturated rings. The minimum Gasteiger partial charge on any atom is -0.503 e. The molecule has 1 aromatic heterocycles. The maximum absolute atomic E-state index is 13.8. The number of pyridine rings is 1. The number of nitrogens with zero attached hydrogens (tertiary/aromatic N) is 2. The molecule has 0 unspecified atom stereocenters. The van der Waals surface area contributed by atoms with E-state index >= 15 is 0 Å². The van der Waals surface area contributed by atoms with Crippen LogP contribution >= 0.6 is 0 Å². The molecule has 3 atom stereocenters. The predicted molar refractivity (Wildman–Crippen MR) is 108 cm³/mol. The summed E-state index contributed by atoms with van der Waals surface area (Å²) < 4.78 is 42.2. The number of amides is 2. The topological polar surface area (TPSA) is 91.6 Å². The second-order valence-electron chi connectivity index (χ2n) is 8.54. The molecule has 0 spiro atoms. The van der Waals surface area contributed by atoms with Gasteiger partial charge in [-0.2, -0.15) is 0 Å². The van der Waals surface area contributed by atoms with Gasteiger partial charge in [-0.15, -0.1) is 0 Å². The highest BCUT2D eigenvalue weighted by Gasteiger charge is 2.40. The van der Waals surface area contributed by atoms with E-state index in [2.05, 4.69) is 5.32 Å². The fraction of sp³-hybridized carbons (Fsp3) is 0.409. The fourth-order valence-corrected chi connectivity index (χ4v) is 4.66. The number of halogens is 3. The van der Waals surface area contributed by atoms with E-state index in [9.17, 15) is 32.7 Å². The molecular formula is C22H22F3N3O4. The lowest BCUT2D eigenvalue weighted by Crippen LogP contribution is -2.47. The highest BCUT2D eigenvalue weighted by atomic mass is 19.1. The number of benzene rings is 1. The van der Waals surface area contributed by atoms with E-state index in [1.54, 1.807) is 4.90 Å². The zero-order valence-corrected chi connectivity index (χ0v) is 17.5. The van der Waals surface area contributed by atoms with Crippen LogP contribution in [-0.4, -0.2) is 39.0 Å². The summed E-state index contributed by atoms with van der Waals surface area (Å²) in [4.78, 5) is 39.9. The number of aromatic hydroxyl groups is 1. The third kappa shape index (κ3) is 3.63. The van der Waals surface area contributed by atoms with Gasteiger partial charge in [0.1, 0.15) is 23.0 Å². The summed E-state index contributed by atoms with van der Waals surface area (Å²) in [6, 6.07) is 0.660. The molecule has 1 aromatic carbocycles. The fourth-order valence-electron chi connectivity index (χ4n) is 4.66. The minimum absolute atomic E-state index is 0.0609. The monoisotopic (exact) mass is 449 g/mol. The van der Waals surface area contributed by atoms with Crippen LogP contribution in [-0.2, 0) is 6.54 Å². The molecule has 32 heavy (non-hydrogen) atoms. The van der Waals surface area contributed by atoms with Crippen molar-refractivity contribution < 1.29 is 27.9 Å². The molecule has 2 aromatic rings. The number of hydrogen-bond donors (Lipinski definition) is 2. The molecule has 1 saturated heterocycles. The van der Waals surface area contributed by atoms with Crippen LogP contribution in [0.1, 0.15) is 59.1 Å². The molecule has 2 N–H and O–H groups in total. The molecule has 2 amide bonds. The van der Waals surface area contributed by atoms with Crippen LogP contribution in [0.4, 0.5) is 13.2 Å². The SMILES string of the molecule is C[C@@H]1C[C@H]2CN(C(=O)c3c(O)c(=O)c(C(=O)NCc4c(F)cc(F)cc4F)cn32)[C@@H](C)C1. The van der Waals surface area contributed by atoms with Crippen molar-refractivity contribution in [2.75, 3.05) is 6.54 Å². The average Bonchev–Trinajstić information content (AvgIpc) is 2.83. The number of nitrogens with one attached hydrogen (secondary N) is 1. The summed E-state index contributed by atoms with van der Waals surface area (Å²) >= 11 is 0. The van der Waals surface area contributed by atoms with Gasteiger partial charge in [-0.05, 0) is 25.7 Å². The van der Waals surface area contributed by atoms with Crippen LogP contribution in [0.25, 0.3) is 0 Å². The Balaban J connectivity index is 1.69. The van der Waals surface area contributed by atoms with Gasteiger partial charge in [0.05, 0.1) is 6.04 Å². The van der Waals surface area contributed by atoms with Crippen molar-refractivity contribution in [2.24, 2.45) is 5.92 Å². The molecule has 0 aliphatic carbocycles. The van der Waals surface area contributed by atoms with E-state index in [1.165, 1.54) is 10.8 Å². The maximum Gasteiger partial charge on any atom is 0.274 e. The van der Waals surface area contributed by atoms with Crippen LogP contribution in [0.5, 0.6) is 5.75 Å². The lowest BCUT2D eigenvalue weighted by molar-refractivity contribution is 0.0604. The summed E-state index contributed by atoms with van der Waals surface area (Å²) in [5.41, 5.74) is -2.25. The molecule has 3 heterocycles. The third-order valence-corrected chi connectivity index (χ3v) is 6.20. The minimum atomic E-state index is -1.18. The first kappa shape index (κ1) is 21.9. The van der Waals surface area contributed by atoms with Gasteiger partial charge in [0, 0.05) is 43.0 Å². The van der Waals surface area contributed by atoms with Crippen molar-refractivity contribution in [3.63, 3.8) is 0 Å². The number of rotatable bonds is 3. The van der Waals surface area contributed by atoms with Crippen molar-refractivity contribution >= 4 is 11.8 Å². The van der Waals surface area contributed by atoms with Gasteiger partial charge in [-0.25, -0.2) is 13.2 Å². The predicted octanol–water partition coefficient (Wildman–Crippen LogP) is 2.72. The number of aromatic nitrogens is 1. The quantitative estimate of drug-likeness (QED) is 0.754. The third-order valence-electron chi connectivity index (χ3n) is 6.20. The summed E-state index contributed by atoms with van der Waals surface area (Å²) in [7, 11) is 0. The Kier molecular flexibility index (Phi) is 5.47. The molecule has 2 bridgehead atoms. The normalized spacial score (nSPS) is 22.3. The van der Waals surface area contributed by atoms with Crippen LogP contribution in [0.3, 0.4) is 0 Å². The Morgan fingerprint density at radius 3 is 2.47 bits per heavy atom. The molecule has 0 saturated carbocycles. The average molecular weight is 449 g/mol. The lowest BCUT2D eigenvalue weighted by atomic mass is 9.97. The van der Waals surface area contributed by atoms with Gasteiger partial charge in [-0.1, -0.05) is 6.92 Å². The van der Waals surface area contributed by atoms with Crippen LogP contribution < -0.4 is 10.7 Å². The standard InChI is InChI=1S/C22H22F3N3O4/c1-10-3-11(2)27-8-13(4-10)28-9-15(19(29)20(30)18(28)22(27)32)21(31)26-7-14-16(24)5-12(23)6-17(14)25/h5-6,9-11,13,30H,3-4,7-8H2,1-2H3,(H,26,31)/t10-,11-,13-/m0/s1. The number of carbonyl (C=O) groups is 2. The zero-order chi connectivity index (χ0) is 23.3. The molecule has 7 nitrogen and oxygen atoms in total. The molecule has 10 heteroatoms. The van der Waals surface area contributed by atoms with Crippen molar-refractivity contribution in [1.29, 1.82) is 0 Å². The van der Waals surface area contributed by atoms with E-state index in [0.29, 0.717) is 25.1 Å². The van der Waals surface area contributed by atoms with Gasteiger partial charge in [-0.3, -0.25) is 14.4 Å². The second kappa shape index (κ2) is 7.99. The number of hydrogen-bond acceptors (Lipinski definition) is 4. The second-order valence-corrected chi connectivity index (χ2v) is 8.54. The Labute approximate surface area is 181 Å². The first-order chi connectivity index (χ1) is 15.1. The van der Waals surface area contributed by atoms with Gasteiger partial charge in [0.15, 0.2) is 11.4 Å². The van der Waals surface area contributed by atoms with Gasteiger partial charge in [0.2, 0.25) is 5.43 Å². The Hall–Kier alpha value is -3.30. The van der Waals surface area contributed by atoms with Crippen LogP contribution in [0.15, 0.2) is 23.1 Å². The van der Waals surface area contributed by atoms with Crippen molar-refractivity contribution in [3.05, 3.63) is 62.8 Å². The molecule has 4 rings (SSSR count). The van der Waals surface area contributed by atoms with Gasteiger partial charge in [0.25, 0.3) is 11.8 Å². The maximum atomic E-state index is 13.8. The summed E-state index contributed by atoms with van der Waals surface area (Å²) in [5, 5.41) is 12.7. The molecule has 2 aliphatic heterocycles. The van der Waals surface area contributed by atoms with Crippen LogP contribution in [0, 0.1) is 23.4 Å². The Bertz CT molecular complexity index is 1160. The Morgan fingerprint density at radius 1 is 1.16 bits per heavy atom. The molecule has 170 valence electrons. The lowest BCUT2D eigenvalue weighted by Gasteiger charge is -2.37. The molecule has 2 aliphatic rings. The van der Waals surface area contributed by atoms with Gasteiger partial charge < -0.3 is 19.9 Å². The molecular weight excluding hydrogens is 427 g/mol. The highest BCUT2D eigenvalue weighted by molar-refractivity contribution is 5.99. The summed E-state index contributed by atoms with van der Waals surface area (Å²) in [6.45, 7) is 3.71. The zero-order valence-electron chi connectivity index (χ0n) is 17.5. The summed E-state index contributed by atoms with van der Waals surface area (Å²) in [6.07, 6.45) is 2.66. The smallest absolute Gasteiger partial charge is 0.274 e.